The summed E-state index contributed by atoms with van der Waals surface area (Å²) < 4.78 is 15.8. The summed E-state index contributed by atoms with van der Waals surface area (Å²) in [7, 11) is 1.96. The van der Waals surface area contributed by atoms with Crippen molar-refractivity contribution in [3.8, 4) is 0 Å². The Kier molecular flexibility index (Phi) is 3.73. The number of nitrogens with one attached hydrogen (secondary N) is 1. The molecule has 0 saturated heterocycles. The maximum Gasteiger partial charge on any atom is 0.125 e. The molecule has 0 fully saturated rings. The van der Waals surface area contributed by atoms with Crippen LogP contribution in [-0.2, 0) is 13.5 Å². The lowest BCUT2D eigenvalue weighted by Gasteiger charge is -2.25. The molecule has 0 aliphatic heterocycles. The fraction of sp³-hybridized carbons (Fsp3) is 0.357. The van der Waals surface area contributed by atoms with Crippen molar-refractivity contribution in [2.45, 2.75) is 25.3 Å². The van der Waals surface area contributed by atoms with Crippen LogP contribution in [0, 0.1) is 5.82 Å². The molecular weight excluding hydrogens is 345 g/mol. The number of nitrogens with zero attached hydrogens (tertiary/aromatic N) is 2. The lowest BCUT2D eigenvalue weighted by molar-refractivity contribution is 0.571. The molecule has 0 saturated carbocycles. The van der Waals surface area contributed by atoms with Crippen molar-refractivity contribution in [2.24, 2.45) is 7.05 Å². The van der Waals surface area contributed by atoms with E-state index in [0.29, 0.717) is 9.50 Å². The second-order valence-corrected chi connectivity index (χ2v) is 6.27. The first-order chi connectivity index (χ1) is 9.56. The summed E-state index contributed by atoms with van der Waals surface area (Å²) in [5, 5.41) is 8.12. The maximum atomic E-state index is 13.3. The average molecular weight is 359 g/mol. The third-order valence-electron chi connectivity index (χ3n) is 3.70. The fourth-order valence-electron chi connectivity index (χ4n) is 2.71. The summed E-state index contributed by atoms with van der Waals surface area (Å²) in [5.74, 6) is -0.349. The zero-order valence-corrected chi connectivity index (χ0v) is 13.3. The van der Waals surface area contributed by atoms with Gasteiger partial charge in [0.2, 0.25) is 0 Å². The molecule has 3 rings (SSSR count). The molecule has 0 spiro atoms. The molecule has 1 unspecified atom stereocenters. The van der Waals surface area contributed by atoms with Gasteiger partial charge in [0.05, 0.1) is 22.9 Å². The Balaban J connectivity index is 1.93. The van der Waals surface area contributed by atoms with Crippen molar-refractivity contribution in [3.63, 3.8) is 0 Å². The standard InChI is InChI=1S/C14H14BrClFN3/c1-20-13-4-2-3-12(9(13)7-18-20)19-14-10(15)5-8(17)6-11(14)16/h5-7,12,19H,2-4H2,1H3. The van der Waals surface area contributed by atoms with Gasteiger partial charge in [-0.05, 0) is 47.3 Å². The van der Waals surface area contributed by atoms with E-state index >= 15 is 0 Å². The zero-order valence-electron chi connectivity index (χ0n) is 11.0. The Morgan fingerprint density at radius 3 is 3.05 bits per heavy atom. The molecule has 0 amide bonds. The summed E-state index contributed by atoms with van der Waals surface area (Å²) in [5.41, 5.74) is 3.18. The van der Waals surface area contributed by atoms with E-state index in [4.69, 9.17) is 11.6 Å². The molecule has 6 heteroatoms. The van der Waals surface area contributed by atoms with Gasteiger partial charge >= 0.3 is 0 Å². The van der Waals surface area contributed by atoms with Crippen LogP contribution in [0.5, 0.6) is 0 Å². The van der Waals surface area contributed by atoms with Gasteiger partial charge in [0, 0.05) is 22.8 Å². The van der Waals surface area contributed by atoms with Crippen LogP contribution in [0.1, 0.15) is 30.1 Å². The molecule has 1 N–H and O–H groups in total. The number of hydrogen-bond donors (Lipinski definition) is 1. The number of benzene rings is 1. The summed E-state index contributed by atoms with van der Waals surface area (Å²) in [4.78, 5) is 0. The first-order valence-electron chi connectivity index (χ1n) is 6.48. The fourth-order valence-corrected chi connectivity index (χ4v) is 3.63. The molecular formula is C14H14BrClFN3. The molecule has 0 bridgehead atoms. The van der Waals surface area contributed by atoms with E-state index in [0.717, 1.165) is 24.9 Å². The third kappa shape index (κ3) is 2.44. The van der Waals surface area contributed by atoms with E-state index in [1.807, 2.05) is 17.9 Å². The Morgan fingerprint density at radius 1 is 1.50 bits per heavy atom. The molecule has 1 aromatic carbocycles. The summed E-state index contributed by atoms with van der Waals surface area (Å²) in [6, 6.07) is 2.90. The number of hydrogen-bond acceptors (Lipinski definition) is 2. The molecule has 1 atom stereocenters. The number of rotatable bonds is 2. The minimum Gasteiger partial charge on any atom is -0.376 e. The van der Waals surface area contributed by atoms with Gasteiger partial charge in [0.1, 0.15) is 5.82 Å². The van der Waals surface area contributed by atoms with Gasteiger partial charge in [-0.25, -0.2) is 4.39 Å². The van der Waals surface area contributed by atoms with Crippen molar-refractivity contribution in [3.05, 3.63) is 44.9 Å². The molecule has 1 aromatic heterocycles. The number of fused-ring (bicyclic) bond motifs is 1. The Hall–Kier alpha value is -1.07. The van der Waals surface area contributed by atoms with Crippen LogP contribution in [0.2, 0.25) is 5.02 Å². The topological polar surface area (TPSA) is 29.9 Å². The van der Waals surface area contributed by atoms with Crippen LogP contribution in [-0.4, -0.2) is 9.78 Å². The highest BCUT2D eigenvalue weighted by molar-refractivity contribution is 9.10. The van der Waals surface area contributed by atoms with Crippen molar-refractivity contribution < 1.29 is 4.39 Å². The van der Waals surface area contributed by atoms with Gasteiger partial charge in [0.15, 0.2) is 0 Å². The Bertz CT molecular complexity index is 633. The number of anilines is 1. The molecule has 1 heterocycles. The van der Waals surface area contributed by atoms with Crippen LogP contribution in [0.4, 0.5) is 10.1 Å². The minimum atomic E-state index is -0.349. The van der Waals surface area contributed by atoms with Crippen molar-refractivity contribution in [2.75, 3.05) is 5.32 Å². The van der Waals surface area contributed by atoms with Crippen molar-refractivity contribution in [1.82, 2.24) is 9.78 Å². The van der Waals surface area contributed by atoms with Gasteiger partial charge in [-0.3, -0.25) is 4.68 Å². The van der Waals surface area contributed by atoms with Crippen LogP contribution in [0.3, 0.4) is 0 Å². The SMILES string of the molecule is Cn1ncc2c1CCCC2Nc1c(Cl)cc(F)cc1Br. The minimum absolute atomic E-state index is 0.159. The first kappa shape index (κ1) is 13.9. The molecule has 20 heavy (non-hydrogen) atoms. The summed E-state index contributed by atoms with van der Waals surface area (Å²) in [6.45, 7) is 0. The van der Waals surface area contributed by atoms with Crippen LogP contribution >= 0.6 is 27.5 Å². The van der Waals surface area contributed by atoms with Crippen LogP contribution in [0.25, 0.3) is 0 Å². The number of halogens is 3. The van der Waals surface area contributed by atoms with Gasteiger partial charge in [-0.1, -0.05) is 11.6 Å². The smallest absolute Gasteiger partial charge is 0.125 e. The summed E-state index contributed by atoms with van der Waals surface area (Å²) in [6.07, 6.45) is 5.05. The van der Waals surface area contributed by atoms with Gasteiger partial charge in [-0.2, -0.15) is 5.10 Å². The number of aromatic nitrogens is 2. The highest BCUT2D eigenvalue weighted by Crippen LogP contribution is 2.38. The van der Waals surface area contributed by atoms with Crippen molar-refractivity contribution >= 4 is 33.2 Å². The van der Waals surface area contributed by atoms with Crippen LogP contribution < -0.4 is 5.32 Å². The van der Waals surface area contributed by atoms with E-state index in [-0.39, 0.29) is 11.9 Å². The molecule has 3 nitrogen and oxygen atoms in total. The second-order valence-electron chi connectivity index (χ2n) is 5.00. The number of aryl methyl sites for hydroxylation is 1. The molecule has 0 radical (unpaired) electrons. The molecule has 106 valence electrons. The Labute approximate surface area is 130 Å². The van der Waals surface area contributed by atoms with E-state index in [2.05, 4.69) is 26.3 Å². The largest absolute Gasteiger partial charge is 0.376 e. The maximum absolute atomic E-state index is 13.3. The highest BCUT2D eigenvalue weighted by atomic mass is 79.9. The highest BCUT2D eigenvalue weighted by Gasteiger charge is 2.24. The second kappa shape index (κ2) is 5.37. The average Bonchev–Trinajstić information content (AvgIpc) is 2.77. The van der Waals surface area contributed by atoms with Gasteiger partial charge in [0.25, 0.3) is 0 Å². The van der Waals surface area contributed by atoms with Crippen LogP contribution in [0.15, 0.2) is 22.8 Å². The molecule has 2 aromatic rings. The zero-order chi connectivity index (χ0) is 14.3. The third-order valence-corrected chi connectivity index (χ3v) is 4.62. The normalized spacial score (nSPS) is 17.9. The Morgan fingerprint density at radius 2 is 2.30 bits per heavy atom. The van der Waals surface area contributed by atoms with E-state index in [1.165, 1.54) is 23.4 Å². The van der Waals surface area contributed by atoms with Crippen molar-refractivity contribution in [1.29, 1.82) is 0 Å². The lowest BCUT2D eigenvalue weighted by atomic mass is 9.93. The lowest BCUT2D eigenvalue weighted by Crippen LogP contribution is -2.18. The van der Waals surface area contributed by atoms with E-state index in [1.54, 1.807) is 0 Å². The monoisotopic (exact) mass is 357 g/mol. The van der Waals surface area contributed by atoms with Gasteiger partial charge < -0.3 is 5.32 Å². The quantitative estimate of drug-likeness (QED) is 0.858. The van der Waals surface area contributed by atoms with Gasteiger partial charge in [-0.15, -0.1) is 0 Å². The predicted molar refractivity (Wildman–Crippen MR) is 81.6 cm³/mol. The molecule has 1 aliphatic carbocycles. The first-order valence-corrected chi connectivity index (χ1v) is 7.65. The van der Waals surface area contributed by atoms with E-state index in [9.17, 15) is 4.39 Å². The van der Waals surface area contributed by atoms with E-state index < -0.39 is 0 Å². The molecule has 1 aliphatic rings. The summed E-state index contributed by atoms with van der Waals surface area (Å²) >= 11 is 9.50. The predicted octanol–water partition coefficient (Wildman–Crippen LogP) is 4.46.